The van der Waals surface area contributed by atoms with Crippen LogP contribution in [0.25, 0.3) is 0 Å². The number of carbonyl (C=O) groups is 2. The molecule has 3 atom stereocenters. The summed E-state index contributed by atoms with van der Waals surface area (Å²) in [6.45, 7) is 5.19. The van der Waals surface area contributed by atoms with Crippen molar-refractivity contribution in [3.05, 3.63) is 88.4 Å². The molecule has 0 N–H and O–H groups in total. The lowest BCUT2D eigenvalue weighted by Crippen LogP contribution is -2.37. The fraction of sp³-hybridized carbons (Fsp3) is 0.355. The lowest BCUT2D eigenvalue weighted by Gasteiger charge is -2.31. The fourth-order valence-electron chi connectivity index (χ4n) is 5.96. The Bertz CT molecular complexity index is 1360. The quantitative estimate of drug-likeness (QED) is 0.342. The van der Waals surface area contributed by atoms with E-state index >= 15 is 0 Å². The predicted octanol–water partition coefficient (Wildman–Crippen LogP) is 5.74. The minimum atomic E-state index is -0.902. The number of fused-ring (bicyclic) bond motifs is 1. The average Bonchev–Trinajstić information content (AvgIpc) is 3.46. The third-order valence-electron chi connectivity index (χ3n) is 8.13. The Hall–Kier alpha value is -3.20. The van der Waals surface area contributed by atoms with Gasteiger partial charge in [-0.25, -0.2) is 9.96 Å². The average molecular weight is 591 g/mol. The molecule has 8 heteroatoms. The molecule has 3 aromatic rings. The number of para-hydroxylation sites is 1. The number of hydrogen-bond acceptors (Lipinski definition) is 6. The Balaban J connectivity index is 1.38. The molecular weight excluding hydrogens is 558 g/mol. The summed E-state index contributed by atoms with van der Waals surface area (Å²) in [4.78, 5) is 37.6. The standard InChI is InChI=1S/C31H32BrN3O4/c1-20-14-16-33(17-15-20)19-22-18-21(8-13-26(22)38-2)28-27-29(39-35(28)25-6-4-3-5-7-25)31(37)34(30(27)36)24-11-9-23(32)10-12-24/h3-13,18,20,27-29H,14-17,19H2,1-2H3/t27-,28-,29-/m0/s1. The normalized spacial score (nSPS) is 23.9. The fourth-order valence-corrected chi connectivity index (χ4v) is 6.23. The van der Waals surface area contributed by atoms with Gasteiger partial charge in [-0.1, -0.05) is 47.1 Å². The van der Waals surface area contributed by atoms with E-state index < -0.39 is 18.1 Å². The van der Waals surface area contributed by atoms with Crippen molar-refractivity contribution in [1.29, 1.82) is 0 Å². The lowest BCUT2D eigenvalue weighted by molar-refractivity contribution is -0.126. The summed E-state index contributed by atoms with van der Waals surface area (Å²) in [5.41, 5.74) is 3.34. The number of nitrogens with zero attached hydrogens (tertiary/aromatic N) is 3. The van der Waals surface area contributed by atoms with Crippen molar-refractivity contribution in [2.45, 2.75) is 38.5 Å². The molecule has 3 aromatic carbocycles. The van der Waals surface area contributed by atoms with Crippen molar-refractivity contribution >= 4 is 39.1 Å². The van der Waals surface area contributed by atoms with Crippen LogP contribution in [0.15, 0.2) is 77.3 Å². The first kappa shape index (κ1) is 26.0. The Morgan fingerprint density at radius 1 is 0.923 bits per heavy atom. The van der Waals surface area contributed by atoms with Crippen molar-refractivity contribution < 1.29 is 19.2 Å². The minimum absolute atomic E-state index is 0.252. The number of methoxy groups -OCH3 is 1. The van der Waals surface area contributed by atoms with E-state index in [9.17, 15) is 9.59 Å². The first-order chi connectivity index (χ1) is 18.9. The lowest BCUT2D eigenvalue weighted by atomic mass is 9.89. The molecule has 39 heavy (non-hydrogen) atoms. The number of hydroxylamine groups is 1. The molecule has 0 bridgehead atoms. The van der Waals surface area contributed by atoms with Crippen LogP contribution < -0.4 is 14.7 Å². The van der Waals surface area contributed by atoms with Crippen molar-refractivity contribution in [2.75, 3.05) is 30.2 Å². The zero-order valence-electron chi connectivity index (χ0n) is 22.1. The van der Waals surface area contributed by atoms with Gasteiger partial charge in [0.25, 0.3) is 5.91 Å². The smallest absolute Gasteiger partial charge is 0.266 e. The molecule has 3 saturated heterocycles. The number of halogens is 1. The van der Waals surface area contributed by atoms with Gasteiger partial charge < -0.3 is 4.74 Å². The number of ether oxygens (including phenoxy) is 1. The van der Waals surface area contributed by atoms with Crippen LogP contribution in [0.4, 0.5) is 11.4 Å². The van der Waals surface area contributed by atoms with Crippen LogP contribution in [0.1, 0.15) is 36.9 Å². The number of amides is 2. The van der Waals surface area contributed by atoms with E-state index in [1.54, 1.807) is 24.3 Å². The molecule has 0 aromatic heterocycles. The van der Waals surface area contributed by atoms with E-state index in [-0.39, 0.29) is 11.8 Å². The first-order valence-corrected chi connectivity index (χ1v) is 14.3. The van der Waals surface area contributed by atoms with Gasteiger partial charge in [-0.3, -0.25) is 19.3 Å². The van der Waals surface area contributed by atoms with Gasteiger partial charge in [0.05, 0.1) is 24.5 Å². The second-order valence-electron chi connectivity index (χ2n) is 10.7. The van der Waals surface area contributed by atoms with Crippen LogP contribution in [0.2, 0.25) is 0 Å². The molecule has 3 heterocycles. The zero-order chi connectivity index (χ0) is 27.1. The number of carbonyl (C=O) groups excluding carboxylic acids is 2. The molecule has 3 aliphatic rings. The summed E-state index contributed by atoms with van der Waals surface area (Å²) in [7, 11) is 1.69. The van der Waals surface area contributed by atoms with Gasteiger partial charge in [-0.2, -0.15) is 0 Å². The van der Waals surface area contributed by atoms with Gasteiger partial charge in [0, 0.05) is 16.6 Å². The maximum Gasteiger partial charge on any atom is 0.266 e. The highest BCUT2D eigenvalue weighted by molar-refractivity contribution is 9.10. The zero-order valence-corrected chi connectivity index (χ0v) is 23.7. The van der Waals surface area contributed by atoms with Crippen molar-refractivity contribution in [1.82, 2.24) is 4.90 Å². The Labute approximate surface area is 237 Å². The van der Waals surface area contributed by atoms with E-state index in [2.05, 4.69) is 33.8 Å². The van der Waals surface area contributed by atoms with E-state index in [0.29, 0.717) is 5.69 Å². The Morgan fingerprint density at radius 3 is 2.33 bits per heavy atom. The van der Waals surface area contributed by atoms with Gasteiger partial charge in [-0.15, -0.1) is 0 Å². The second-order valence-corrected chi connectivity index (χ2v) is 11.6. The van der Waals surface area contributed by atoms with Gasteiger partial charge in [-0.05, 0) is 85.9 Å². The number of anilines is 2. The van der Waals surface area contributed by atoms with Crippen molar-refractivity contribution in [3.8, 4) is 5.75 Å². The van der Waals surface area contributed by atoms with Crippen LogP contribution in [-0.4, -0.2) is 43.0 Å². The molecule has 0 unspecified atom stereocenters. The second kappa shape index (κ2) is 10.8. The molecule has 3 fully saturated rings. The monoisotopic (exact) mass is 589 g/mol. The van der Waals surface area contributed by atoms with Gasteiger partial charge >= 0.3 is 0 Å². The molecule has 0 saturated carbocycles. The molecule has 0 spiro atoms. The maximum absolute atomic E-state index is 14.0. The SMILES string of the molecule is COc1ccc([C@H]2[C@@H]3C(=O)N(c4ccc(Br)cc4)C(=O)[C@H]3ON2c2ccccc2)cc1CN1CCC(C)CC1. The highest BCUT2D eigenvalue weighted by Crippen LogP contribution is 2.48. The number of hydrogen-bond donors (Lipinski definition) is 0. The van der Waals surface area contributed by atoms with Gasteiger partial charge in [0.1, 0.15) is 11.7 Å². The van der Waals surface area contributed by atoms with E-state index in [1.807, 2.05) is 54.6 Å². The third kappa shape index (κ3) is 4.86. The maximum atomic E-state index is 14.0. The molecule has 0 aliphatic carbocycles. The summed E-state index contributed by atoms with van der Waals surface area (Å²) in [5.74, 6) is 0.300. The number of piperidine rings is 1. The molecule has 0 radical (unpaired) electrons. The molecule has 202 valence electrons. The predicted molar refractivity (Wildman–Crippen MR) is 153 cm³/mol. The van der Waals surface area contributed by atoms with Crippen molar-refractivity contribution in [2.24, 2.45) is 11.8 Å². The summed E-state index contributed by atoms with van der Waals surface area (Å²) in [6, 6.07) is 22.5. The number of rotatable bonds is 6. The van der Waals surface area contributed by atoms with Crippen molar-refractivity contribution in [3.63, 3.8) is 0 Å². The highest BCUT2D eigenvalue weighted by atomic mass is 79.9. The largest absolute Gasteiger partial charge is 0.496 e. The van der Waals surface area contributed by atoms with Crippen LogP contribution in [0.3, 0.4) is 0 Å². The number of imide groups is 1. The van der Waals surface area contributed by atoms with E-state index in [0.717, 1.165) is 52.6 Å². The number of benzene rings is 3. The highest BCUT2D eigenvalue weighted by Gasteiger charge is 2.60. The Kier molecular flexibility index (Phi) is 7.18. The molecular formula is C31H32BrN3O4. The molecule has 7 nitrogen and oxygen atoms in total. The molecule has 3 aliphatic heterocycles. The topological polar surface area (TPSA) is 62.3 Å². The molecule has 2 amide bonds. The summed E-state index contributed by atoms with van der Waals surface area (Å²) < 4.78 is 6.62. The third-order valence-corrected chi connectivity index (χ3v) is 8.66. The van der Waals surface area contributed by atoms with Crippen LogP contribution >= 0.6 is 15.9 Å². The van der Waals surface area contributed by atoms with E-state index in [1.165, 1.54) is 17.7 Å². The van der Waals surface area contributed by atoms with Gasteiger partial charge in [0.15, 0.2) is 6.10 Å². The Morgan fingerprint density at radius 2 is 1.64 bits per heavy atom. The van der Waals surface area contributed by atoms with Gasteiger partial charge in [0.2, 0.25) is 5.91 Å². The minimum Gasteiger partial charge on any atom is -0.496 e. The van der Waals surface area contributed by atoms with E-state index in [4.69, 9.17) is 9.57 Å². The summed E-state index contributed by atoms with van der Waals surface area (Å²) >= 11 is 3.43. The summed E-state index contributed by atoms with van der Waals surface area (Å²) in [5, 5.41) is 1.75. The first-order valence-electron chi connectivity index (χ1n) is 13.5. The van der Waals surface area contributed by atoms with Crippen LogP contribution in [0.5, 0.6) is 5.75 Å². The van der Waals surface area contributed by atoms with Crippen LogP contribution in [-0.2, 0) is 21.0 Å². The summed E-state index contributed by atoms with van der Waals surface area (Å²) in [6.07, 6.45) is 1.47. The van der Waals surface area contributed by atoms with Crippen LogP contribution in [0, 0.1) is 11.8 Å². The number of likely N-dealkylation sites (tertiary alicyclic amines) is 1. The molecule has 6 rings (SSSR count).